The van der Waals surface area contributed by atoms with E-state index in [-0.39, 0.29) is 0 Å². The molecule has 158 valence electrons. The number of aliphatic imine (C=N–C) groups is 1. The lowest BCUT2D eigenvalue weighted by molar-refractivity contribution is 0.0931. The second kappa shape index (κ2) is 11.4. The van der Waals surface area contributed by atoms with Gasteiger partial charge in [-0.05, 0) is 30.2 Å². The van der Waals surface area contributed by atoms with E-state index >= 15 is 0 Å². The van der Waals surface area contributed by atoms with Gasteiger partial charge in [0, 0.05) is 33.2 Å². The first kappa shape index (κ1) is 22.6. The zero-order valence-corrected chi connectivity index (χ0v) is 18.0. The number of sulfonamides is 1. The van der Waals surface area contributed by atoms with Crippen LogP contribution in [0.15, 0.2) is 35.3 Å². The standard InChI is InChI=1S/C20H34N4O3S/c1-17(15-27-16-19-7-5-4-6-8-19)13-22-20(21-2)23-14-18-9-11-24(12-10-18)28(3,25)26/h4-8,17-18H,9-16H2,1-3H3,(H2,21,22,23). The van der Waals surface area contributed by atoms with Crippen LogP contribution in [0.3, 0.4) is 0 Å². The molecule has 1 aliphatic rings. The number of benzene rings is 1. The maximum atomic E-state index is 11.6. The van der Waals surface area contributed by atoms with E-state index in [4.69, 9.17) is 4.74 Å². The Hall–Kier alpha value is -1.64. The van der Waals surface area contributed by atoms with E-state index in [1.54, 1.807) is 11.4 Å². The largest absolute Gasteiger partial charge is 0.376 e. The highest BCUT2D eigenvalue weighted by Crippen LogP contribution is 2.18. The van der Waals surface area contributed by atoms with Crippen molar-refractivity contribution in [3.63, 3.8) is 0 Å². The summed E-state index contributed by atoms with van der Waals surface area (Å²) in [5.74, 6) is 1.60. The molecule has 0 saturated carbocycles. The Balaban J connectivity index is 1.61. The van der Waals surface area contributed by atoms with Crippen molar-refractivity contribution in [2.45, 2.75) is 26.4 Å². The molecule has 2 N–H and O–H groups in total. The SMILES string of the molecule is CN=C(NCC(C)COCc1ccccc1)NCC1CCN(S(C)(=O)=O)CC1. The predicted octanol–water partition coefficient (Wildman–Crippen LogP) is 1.68. The van der Waals surface area contributed by atoms with Crippen LogP contribution < -0.4 is 10.6 Å². The van der Waals surface area contributed by atoms with Crippen LogP contribution in [0.25, 0.3) is 0 Å². The van der Waals surface area contributed by atoms with Crippen molar-refractivity contribution in [3.05, 3.63) is 35.9 Å². The molecule has 28 heavy (non-hydrogen) atoms. The van der Waals surface area contributed by atoms with Gasteiger partial charge in [-0.25, -0.2) is 12.7 Å². The zero-order valence-electron chi connectivity index (χ0n) is 17.2. The Bertz CT molecular complexity index is 701. The van der Waals surface area contributed by atoms with Crippen LogP contribution in [0.1, 0.15) is 25.3 Å². The van der Waals surface area contributed by atoms with Crippen molar-refractivity contribution >= 4 is 16.0 Å². The summed E-state index contributed by atoms with van der Waals surface area (Å²) in [6, 6.07) is 10.2. The zero-order chi connectivity index (χ0) is 20.4. The molecule has 1 heterocycles. The minimum atomic E-state index is -3.06. The van der Waals surface area contributed by atoms with Gasteiger partial charge in [-0.3, -0.25) is 4.99 Å². The smallest absolute Gasteiger partial charge is 0.211 e. The molecule has 1 aromatic rings. The van der Waals surface area contributed by atoms with Crippen LogP contribution in [-0.2, 0) is 21.4 Å². The Morgan fingerprint density at radius 1 is 1.25 bits per heavy atom. The van der Waals surface area contributed by atoms with E-state index in [0.717, 1.165) is 31.9 Å². The van der Waals surface area contributed by atoms with Crippen LogP contribution in [0.4, 0.5) is 0 Å². The van der Waals surface area contributed by atoms with Crippen molar-refractivity contribution in [2.24, 2.45) is 16.8 Å². The van der Waals surface area contributed by atoms with Gasteiger partial charge in [-0.2, -0.15) is 0 Å². The number of ether oxygens (including phenoxy) is 1. The third kappa shape index (κ3) is 8.16. The summed E-state index contributed by atoms with van der Waals surface area (Å²) in [6.45, 7) is 6.25. The lowest BCUT2D eigenvalue weighted by Gasteiger charge is -2.30. The molecule has 1 unspecified atom stereocenters. The quantitative estimate of drug-likeness (QED) is 0.478. The fourth-order valence-electron chi connectivity index (χ4n) is 3.19. The summed E-state index contributed by atoms with van der Waals surface area (Å²) >= 11 is 0. The monoisotopic (exact) mass is 410 g/mol. The average molecular weight is 411 g/mol. The number of nitrogens with zero attached hydrogens (tertiary/aromatic N) is 2. The summed E-state index contributed by atoms with van der Waals surface area (Å²) in [7, 11) is -1.30. The Morgan fingerprint density at radius 3 is 2.54 bits per heavy atom. The summed E-state index contributed by atoms with van der Waals surface area (Å²) in [4.78, 5) is 4.27. The molecule has 1 atom stereocenters. The summed E-state index contributed by atoms with van der Waals surface area (Å²) in [6.07, 6.45) is 3.03. The molecule has 0 radical (unpaired) electrons. The highest BCUT2D eigenvalue weighted by Gasteiger charge is 2.24. The van der Waals surface area contributed by atoms with Gasteiger partial charge in [0.05, 0.1) is 19.5 Å². The van der Waals surface area contributed by atoms with Gasteiger partial charge in [-0.1, -0.05) is 37.3 Å². The topological polar surface area (TPSA) is 83.0 Å². The van der Waals surface area contributed by atoms with Crippen molar-refractivity contribution in [1.29, 1.82) is 0 Å². The molecule has 2 rings (SSSR count). The first-order valence-electron chi connectivity index (χ1n) is 9.89. The second-order valence-corrected chi connectivity index (χ2v) is 9.53. The van der Waals surface area contributed by atoms with E-state index in [1.165, 1.54) is 11.8 Å². The summed E-state index contributed by atoms with van der Waals surface area (Å²) in [5.41, 5.74) is 1.18. The molecule has 8 heteroatoms. The minimum absolute atomic E-state index is 0.361. The van der Waals surface area contributed by atoms with Gasteiger partial charge in [0.25, 0.3) is 0 Å². The number of hydrogen-bond acceptors (Lipinski definition) is 4. The third-order valence-electron chi connectivity index (χ3n) is 4.96. The van der Waals surface area contributed by atoms with Crippen molar-refractivity contribution < 1.29 is 13.2 Å². The predicted molar refractivity (Wildman–Crippen MR) is 114 cm³/mol. The fraction of sp³-hybridized carbons (Fsp3) is 0.650. The van der Waals surface area contributed by atoms with Gasteiger partial charge in [-0.15, -0.1) is 0 Å². The molecule has 7 nitrogen and oxygen atoms in total. The molecule has 0 amide bonds. The molecule has 1 fully saturated rings. The Morgan fingerprint density at radius 2 is 1.93 bits per heavy atom. The first-order valence-corrected chi connectivity index (χ1v) is 11.7. The molecule has 0 spiro atoms. The lowest BCUT2D eigenvalue weighted by atomic mass is 9.98. The van der Waals surface area contributed by atoms with E-state index in [2.05, 4.69) is 34.7 Å². The molecule has 1 aliphatic heterocycles. The van der Waals surface area contributed by atoms with E-state index < -0.39 is 10.0 Å². The maximum Gasteiger partial charge on any atom is 0.211 e. The molecule has 0 aliphatic carbocycles. The highest BCUT2D eigenvalue weighted by molar-refractivity contribution is 7.88. The number of nitrogens with one attached hydrogen (secondary N) is 2. The average Bonchev–Trinajstić information content (AvgIpc) is 2.68. The molecular formula is C20H34N4O3S. The molecule has 0 bridgehead atoms. The van der Waals surface area contributed by atoms with Gasteiger partial charge < -0.3 is 15.4 Å². The van der Waals surface area contributed by atoms with E-state index in [1.807, 2.05) is 18.2 Å². The highest BCUT2D eigenvalue weighted by atomic mass is 32.2. The van der Waals surface area contributed by atoms with E-state index in [0.29, 0.717) is 38.1 Å². The third-order valence-corrected chi connectivity index (χ3v) is 6.26. The number of piperidine rings is 1. The second-order valence-electron chi connectivity index (χ2n) is 7.55. The molecule has 0 aromatic heterocycles. The van der Waals surface area contributed by atoms with Crippen LogP contribution in [0.2, 0.25) is 0 Å². The van der Waals surface area contributed by atoms with Crippen molar-refractivity contribution in [3.8, 4) is 0 Å². The van der Waals surface area contributed by atoms with E-state index in [9.17, 15) is 8.42 Å². The first-order chi connectivity index (χ1) is 13.4. The van der Waals surface area contributed by atoms with Crippen LogP contribution in [0, 0.1) is 11.8 Å². The number of rotatable bonds is 9. The van der Waals surface area contributed by atoms with Crippen molar-refractivity contribution in [1.82, 2.24) is 14.9 Å². The minimum Gasteiger partial charge on any atom is -0.376 e. The lowest BCUT2D eigenvalue weighted by Crippen LogP contribution is -2.44. The van der Waals surface area contributed by atoms with Crippen LogP contribution >= 0.6 is 0 Å². The number of hydrogen-bond donors (Lipinski definition) is 2. The van der Waals surface area contributed by atoms with Gasteiger partial charge in [0.1, 0.15) is 0 Å². The fourth-order valence-corrected chi connectivity index (χ4v) is 4.06. The van der Waals surface area contributed by atoms with Crippen molar-refractivity contribution in [2.75, 3.05) is 46.1 Å². The van der Waals surface area contributed by atoms with Crippen LogP contribution in [-0.4, -0.2) is 64.8 Å². The van der Waals surface area contributed by atoms with Crippen LogP contribution in [0.5, 0.6) is 0 Å². The molecule has 1 aromatic carbocycles. The van der Waals surface area contributed by atoms with Gasteiger partial charge in [0.2, 0.25) is 10.0 Å². The Kier molecular flexibility index (Phi) is 9.21. The molecule has 1 saturated heterocycles. The van der Waals surface area contributed by atoms with Gasteiger partial charge >= 0.3 is 0 Å². The Labute approximate surface area is 169 Å². The summed E-state index contributed by atoms with van der Waals surface area (Å²) in [5, 5.41) is 6.70. The number of guanidine groups is 1. The van der Waals surface area contributed by atoms with Gasteiger partial charge in [0.15, 0.2) is 5.96 Å². The maximum absolute atomic E-state index is 11.6. The summed E-state index contributed by atoms with van der Waals surface area (Å²) < 4.78 is 30.5. The normalized spacial score (nSPS) is 18.0. The molecular weight excluding hydrogens is 376 g/mol.